The molecule has 6 nitrogen and oxygen atoms in total. The number of ether oxygens (including phenoxy) is 2. The first-order valence-electron chi connectivity index (χ1n) is 6.02. The van der Waals surface area contributed by atoms with Gasteiger partial charge in [-0.05, 0) is 26.7 Å². The van der Waals surface area contributed by atoms with Gasteiger partial charge in [0, 0.05) is 19.1 Å². The van der Waals surface area contributed by atoms with Gasteiger partial charge < -0.3 is 19.7 Å². The fourth-order valence-corrected chi connectivity index (χ4v) is 1.76. The SMILES string of the molecule is CCOC(=O)NC1CCN(C(=O)OCC)CC1. The molecule has 1 heterocycles. The van der Waals surface area contributed by atoms with E-state index in [-0.39, 0.29) is 18.2 Å². The molecule has 0 bridgehead atoms. The molecule has 1 rings (SSSR count). The molecule has 0 spiro atoms. The molecule has 0 atom stereocenters. The second kappa shape index (κ2) is 6.98. The molecule has 6 heteroatoms. The van der Waals surface area contributed by atoms with Crippen LogP contribution < -0.4 is 5.32 Å². The summed E-state index contributed by atoms with van der Waals surface area (Å²) in [5.74, 6) is 0. The van der Waals surface area contributed by atoms with Gasteiger partial charge in [-0.2, -0.15) is 0 Å². The third kappa shape index (κ3) is 4.50. The number of carbonyl (C=O) groups excluding carboxylic acids is 2. The zero-order valence-electron chi connectivity index (χ0n) is 10.4. The summed E-state index contributed by atoms with van der Waals surface area (Å²) >= 11 is 0. The van der Waals surface area contributed by atoms with Crippen molar-refractivity contribution < 1.29 is 19.1 Å². The average molecular weight is 244 g/mol. The number of hydrogen-bond acceptors (Lipinski definition) is 4. The number of alkyl carbamates (subject to hydrolysis) is 1. The molecular weight excluding hydrogens is 224 g/mol. The molecule has 0 aliphatic carbocycles. The molecule has 0 unspecified atom stereocenters. The van der Waals surface area contributed by atoms with Crippen LogP contribution in [-0.4, -0.2) is 49.4 Å². The number of rotatable bonds is 3. The summed E-state index contributed by atoms with van der Waals surface area (Å²) < 4.78 is 9.71. The summed E-state index contributed by atoms with van der Waals surface area (Å²) in [6.07, 6.45) is 0.805. The zero-order chi connectivity index (χ0) is 12.7. The molecule has 1 N–H and O–H groups in total. The van der Waals surface area contributed by atoms with Crippen LogP contribution in [0.15, 0.2) is 0 Å². The molecule has 1 aliphatic rings. The van der Waals surface area contributed by atoms with E-state index in [2.05, 4.69) is 5.32 Å². The topological polar surface area (TPSA) is 67.9 Å². The van der Waals surface area contributed by atoms with Gasteiger partial charge in [0.25, 0.3) is 0 Å². The van der Waals surface area contributed by atoms with Gasteiger partial charge in [-0.3, -0.25) is 0 Å². The minimum Gasteiger partial charge on any atom is -0.450 e. The lowest BCUT2D eigenvalue weighted by Crippen LogP contribution is -2.46. The van der Waals surface area contributed by atoms with Crippen molar-refractivity contribution in [2.24, 2.45) is 0 Å². The van der Waals surface area contributed by atoms with Crippen LogP contribution in [0, 0.1) is 0 Å². The van der Waals surface area contributed by atoms with Crippen molar-refractivity contribution in [1.29, 1.82) is 0 Å². The number of piperidine rings is 1. The third-order valence-electron chi connectivity index (χ3n) is 2.62. The second-order valence-electron chi connectivity index (χ2n) is 3.83. The van der Waals surface area contributed by atoms with E-state index in [1.54, 1.807) is 18.7 Å². The maximum absolute atomic E-state index is 11.4. The van der Waals surface area contributed by atoms with Crippen LogP contribution in [0.5, 0.6) is 0 Å². The van der Waals surface area contributed by atoms with E-state index in [9.17, 15) is 9.59 Å². The molecule has 17 heavy (non-hydrogen) atoms. The number of nitrogens with zero attached hydrogens (tertiary/aromatic N) is 1. The largest absolute Gasteiger partial charge is 0.450 e. The summed E-state index contributed by atoms with van der Waals surface area (Å²) in [7, 11) is 0. The quantitative estimate of drug-likeness (QED) is 0.813. The third-order valence-corrected chi connectivity index (χ3v) is 2.62. The van der Waals surface area contributed by atoms with E-state index in [1.807, 2.05) is 0 Å². The standard InChI is InChI=1S/C11H20N2O4/c1-3-16-10(14)12-9-5-7-13(8-6-9)11(15)17-4-2/h9H,3-8H2,1-2H3,(H,12,14). The Morgan fingerprint density at radius 1 is 1.18 bits per heavy atom. The van der Waals surface area contributed by atoms with Gasteiger partial charge in [0.15, 0.2) is 0 Å². The lowest BCUT2D eigenvalue weighted by molar-refractivity contribution is 0.0935. The number of hydrogen-bond donors (Lipinski definition) is 1. The minimum atomic E-state index is -0.387. The van der Waals surface area contributed by atoms with Crippen molar-refractivity contribution in [3.05, 3.63) is 0 Å². The van der Waals surface area contributed by atoms with Crippen LogP contribution >= 0.6 is 0 Å². The Balaban J connectivity index is 2.26. The van der Waals surface area contributed by atoms with Crippen LogP contribution in [0.4, 0.5) is 9.59 Å². The van der Waals surface area contributed by atoms with Gasteiger partial charge >= 0.3 is 12.2 Å². The normalized spacial score (nSPS) is 16.5. The Kier molecular flexibility index (Phi) is 5.59. The van der Waals surface area contributed by atoms with E-state index in [0.717, 1.165) is 12.8 Å². The maximum atomic E-state index is 11.4. The highest BCUT2D eigenvalue weighted by molar-refractivity contribution is 5.68. The Bertz CT molecular complexity index is 262. The van der Waals surface area contributed by atoms with Crippen molar-refractivity contribution in [3.8, 4) is 0 Å². The number of nitrogens with one attached hydrogen (secondary N) is 1. The van der Waals surface area contributed by atoms with Crippen molar-refractivity contribution in [3.63, 3.8) is 0 Å². The van der Waals surface area contributed by atoms with Gasteiger partial charge in [0.05, 0.1) is 13.2 Å². The Morgan fingerprint density at radius 3 is 2.29 bits per heavy atom. The summed E-state index contributed by atoms with van der Waals surface area (Å²) in [5.41, 5.74) is 0. The summed E-state index contributed by atoms with van der Waals surface area (Å²) in [6.45, 7) is 5.52. The lowest BCUT2D eigenvalue weighted by Gasteiger charge is -2.31. The molecule has 1 saturated heterocycles. The van der Waals surface area contributed by atoms with Crippen LogP contribution in [0.1, 0.15) is 26.7 Å². The monoisotopic (exact) mass is 244 g/mol. The lowest BCUT2D eigenvalue weighted by atomic mass is 10.1. The van der Waals surface area contributed by atoms with Crippen LogP contribution in [0.2, 0.25) is 0 Å². The smallest absolute Gasteiger partial charge is 0.409 e. The molecule has 1 aliphatic heterocycles. The van der Waals surface area contributed by atoms with E-state index < -0.39 is 0 Å². The highest BCUT2D eigenvalue weighted by atomic mass is 16.6. The van der Waals surface area contributed by atoms with Crippen molar-refractivity contribution in [2.75, 3.05) is 26.3 Å². The van der Waals surface area contributed by atoms with Crippen molar-refractivity contribution in [1.82, 2.24) is 10.2 Å². The first-order chi connectivity index (χ1) is 8.17. The van der Waals surface area contributed by atoms with Crippen molar-refractivity contribution in [2.45, 2.75) is 32.7 Å². The molecule has 98 valence electrons. The predicted molar refractivity (Wildman–Crippen MR) is 61.8 cm³/mol. The Labute approximate surface area is 101 Å². The zero-order valence-corrected chi connectivity index (χ0v) is 10.4. The Hall–Kier alpha value is -1.46. The van der Waals surface area contributed by atoms with E-state index >= 15 is 0 Å². The first-order valence-corrected chi connectivity index (χ1v) is 6.02. The molecular formula is C11H20N2O4. The Morgan fingerprint density at radius 2 is 1.76 bits per heavy atom. The molecule has 0 aromatic rings. The van der Waals surface area contributed by atoms with Crippen LogP contribution in [-0.2, 0) is 9.47 Å². The first kappa shape index (κ1) is 13.6. The van der Waals surface area contributed by atoms with Crippen LogP contribution in [0.25, 0.3) is 0 Å². The fourth-order valence-electron chi connectivity index (χ4n) is 1.76. The molecule has 0 aromatic carbocycles. The molecule has 1 fully saturated rings. The maximum Gasteiger partial charge on any atom is 0.409 e. The molecule has 0 saturated carbocycles. The highest BCUT2D eigenvalue weighted by Gasteiger charge is 2.24. The van der Waals surface area contributed by atoms with Gasteiger partial charge in [0.1, 0.15) is 0 Å². The number of carbonyl (C=O) groups is 2. The molecule has 2 amide bonds. The summed E-state index contributed by atoms with van der Waals surface area (Å²) in [5, 5.41) is 2.77. The fraction of sp³-hybridized carbons (Fsp3) is 0.818. The molecule has 0 aromatic heterocycles. The van der Waals surface area contributed by atoms with E-state index in [0.29, 0.717) is 26.3 Å². The minimum absolute atomic E-state index is 0.0831. The van der Waals surface area contributed by atoms with Gasteiger partial charge in [-0.25, -0.2) is 9.59 Å². The highest BCUT2D eigenvalue weighted by Crippen LogP contribution is 2.11. The van der Waals surface area contributed by atoms with E-state index in [1.165, 1.54) is 0 Å². The van der Waals surface area contributed by atoms with Crippen LogP contribution in [0.3, 0.4) is 0 Å². The second-order valence-corrected chi connectivity index (χ2v) is 3.83. The summed E-state index contributed by atoms with van der Waals surface area (Å²) in [6, 6.07) is 0.0831. The van der Waals surface area contributed by atoms with Crippen molar-refractivity contribution >= 4 is 12.2 Å². The van der Waals surface area contributed by atoms with Gasteiger partial charge in [0.2, 0.25) is 0 Å². The predicted octanol–water partition coefficient (Wildman–Crippen LogP) is 1.35. The number of amides is 2. The van der Waals surface area contributed by atoms with E-state index in [4.69, 9.17) is 9.47 Å². The summed E-state index contributed by atoms with van der Waals surface area (Å²) in [4.78, 5) is 24.3. The number of likely N-dealkylation sites (tertiary alicyclic amines) is 1. The van der Waals surface area contributed by atoms with Gasteiger partial charge in [-0.15, -0.1) is 0 Å². The van der Waals surface area contributed by atoms with Gasteiger partial charge in [-0.1, -0.05) is 0 Å². The molecule has 0 radical (unpaired) electrons. The average Bonchev–Trinajstić information content (AvgIpc) is 2.30.